The molecular formula is C12H22N2O2. The average molecular weight is 226 g/mol. The van der Waals surface area contributed by atoms with E-state index in [2.05, 4.69) is 10.2 Å². The van der Waals surface area contributed by atoms with E-state index in [4.69, 9.17) is 4.74 Å². The number of hydrogen-bond donors (Lipinski definition) is 1. The molecular weight excluding hydrogens is 204 g/mol. The minimum atomic E-state index is -0.0152. The minimum absolute atomic E-state index is 0.0152. The van der Waals surface area contributed by atoms with E-state index >= 15 is 0 Å². The van der Waals surface area contributed by atoms with Crippen molar-refractivity contribution in [2.24, 2.45) is 0 Å². The molecule has 16 heavy (non-hydrogen) atoms. The van der Waals surface area contributed by atoms with Gasteiger partial charge in [0.2, 0.25) is 0 Å². The Kier molecular flexibility index (Phi) is 4.18. The van der Waals surface area contributed by atoms with E-state index < -0.39 is 0 Å². The van der Waals surface area contributed by atoms with Crippen molar-refractivity contribution in [1.82, 2.24) is 10.2 Å². The summed E-state index contributed by atoms with van der Waals surface area (Å²) < 4.78 is 5.15. The van der Waals surface area contributed by atoms with E-state index in [-0.39, 0.29) is 12.0 Å². The van der Waals surface area contributed by atoms with Crippen LogP contribution in [0.2, 0.25) is 0 Å². The molecule has 0 aromatic heterocycles. The first kappa shape index (κ1) is 11.9. The van der Waals surface area contributed by atoms with Crippen LogP contribution < -0.4 is 5.32 Å². The fourth-order valence-corrected chi connectivity index (χ4v) is 2.86. The first-order chi connectivity index (χ1) is 7.83. The van der Waals surface area contributed by atoms with Gasteiger partial charge in [0, 0.05) is 6.04 Å². The van der Waals surface area contributed by atoms with Gasteiger partial charge in [-0.1, -0.05) is 0 Å². The van der Waals surface area contributed by atoms with Crippen LogP contribution in [0.25, 0.3) is 0 Å². The van der Waals surface area contributed by atoms with Gasteiger partial charge in [0.05, 0.1) is 6.61 Å². The van der Waals surface area contributed by atoms with Crippen LogP contribution in [0.1, 0.15) is 32.6 Å². The normalized spacial score (nSPS) is 28.2. The van der Waals surface area contributed by atoms with Crippen molar-refractivity contribution in [2.45, 2.75) is 44.7 Å². The highest BCUT2D eigenvalue weighted by Gasteiger charge is 2.36. The van der Waals surface area contributed by atoms with Crippen LogP contribution in [-0.4, -0.2) is 49.2 Å². The predicted molar refractivity (Wildman–Crippen MR) is 62.3 cm³/mol. The molecule has 2 saturated heterocycles. The molecule has 0 bridgehead atoms. The van der Waals surface area contributed by atoms with E-state index in [9.17, 15) is 4.79 Å². The summed E-state index contributed by atoms with van der Waals surface area (Å²) in [7, 11) is 0. The molecule has 2 heterocycles. The van der Waals surface area contributed by atoms with Crippen LogP contribution in [0.3, 0.4) is 0 Å². The fraction of sp³-hybridized carbons (Fsp3) is 0.917. The van der Waals surface area contributed by atoms with Crippen molar-refractivity contribution in [1.29, 1.82) is 0 Å². The number of nitrogens with zero attached hydrogens (tertiary/aromatic N) is 1. The summed E-state index contributed by atoms with van der Waals surface area (Å²) in [5, 5.41) is 3.36. The fourth-order valence-electron chi connectivity index (χ4n) is 2.86. The third-order valence-electron chi connectivity index (χ3n) is 3.63. The van der Waals surface area contributed by atoms with Crippen LogP contribution in [0, 0.1) is 0 Å². The molecule has 1 unspecified atom stereocenters. The number of carbonyl (C=O) groups is 1. The molecule has 92 valence electrons. The van der Waals surface area contributed by atoms with Gasteiger partial charge in [-0.2, -0.15) is 0 Å². The van der Waals surface area contributed by atoms with Crippen molar-refractivity contribution in [3.05, 3.63) is 0 Å². The second kappa shape index (κ2) is 5.64. The maximum Gasteiger partial charge on any atom is 0.323 e. The SMILES string of the molecule is CCOC(=O)C1CCCN1C1CCNCC1. The maximum atomic E-state index is 11.8. The van der Waals surface area contributed by atoms with E-state index in [0.717, 1.165) is 45.3 Å². The number of nitrogens with one attached hydrogen (secondary N) is 1. The Balaban J connectivity index is 1.93. The molecule has 1 N–H and O–H groups in total. The van der Waals surface area contributed by atoms with Gasteiger partial charge >= 0.3 is 5.97 Å². The molecule has 0 aliphatic carbocycles. The van der Waals surface area contributed by atoms with E-state index in [1.807, 2.05) is 6.92 Å². The van der Waals surface area contributed by atoms with E-state index in [0.29, 0.717) is 12.6 Å². The van der Waals surface area contributed by atoms with Crippen LogP contribution in [0.4, 0.5) is 0 Å². The maximum absolute atomic E-state index is 11.8. The Hall–Kier alpha value is -0.610. The highest BCUT2D eigenvalue weighted by molar-refractivity contribution is 5.76. The highest BCUT2D eigenvalue weighted by atomic mass is 16.5. The van der Waals surface area contributed by atoms with E-state index in [1.165, 1.54) is 0 Å². The summed E-state index contributed by atoms with van der Waals surface area (Å²) >= 11 is 0. The van der Waals surface area contributed by atoms with Crippen LogP contribution in [-0.2, 0) is 9.53 Å². The van der Waals surface area contributed by atoms with Crippen LogP contribution in [0.5, 0.6) is 0 Å². The lowest BCUT2D eigenvalue weighted by Gasteiger charge is -2.34. The molecule has 0 spiro atoms. The van der Waals surface area contributed by atoms with Gasteiger partial charge in [-0.3, -0.25) is 9.69 Å². The Morgan fingerprint density at radius 3 is 2.81 bits per heavy atom. The number of hydrogen-bond acceptors (Lipinski definition) is 4. The van der Waals surface area contributed by atoms with Gasteiger partial charge in [0.25, 0.3) is 0 Å². The van der Waals surface area contributed by atoms with Gasteiger partial charge in [-0.05, 0) is 52.2 Å². The average Bonchev–Trinajstić information content (AvgIpc) is 2.79. The summed E-state index contributed by atoms with van der Waals surface area (Å²) in [4.78, 5) is 14.2. The van der Waals surface area contributed by atoms with Gasteiger partial charge in [0.1, 0.15) is 6.04 Å². The number of likely N-dealkylation sites (tertiary alicyclic amines) is 1. The lowest BCUT2D eigenvalue weighted by atomic mass is 10.0. The Bertz CT molecular complexity index is 239. The Morgan fingerprint density at radius 1 is 1.38 bits per heavy atom. The van der Waals surface area contributed by atoms with Crippen molar-refractivity contribution in [3.8, 4) is 0 Å². The predicted octanol–water partition coefficient (Wildman–Crippen LogP) is 0.766. The number of piperidine rings is 1. The summed E-state index contributed by atoms with van der Waals surface area (Å²) in [6.07, 6.45) is 4.43. The molecule has 1 atom stereocenters. The zero-order valence-electron chi connectivity index (χ0n) is 10.1. The summed E-state index contributed by atoms with van der Waals surface area (Å²) in [5.41, 5.74) is 0. The van der Waals surface area contributed by atoms with Crippen molar-refractivity contribution in [2.75, 3.05) is 26.2 Å². The molecule has 0 radical (unpaired) electrons. The zero-order chi connectivity index (χ0) is 11.4. The Morgan fingerprint density at radius 2 is 2.12 bits per heavy atom. The third kappa shape index (κ3) is 2.55. The zero-order valence-corrected chi connectivity index (χ0v) is 10.1. The third-order valence-corrected chi connectivity index (χ3v) is 3.63. The molecule has 0 saturated carbocycles. The number of ether oxygens (including phenoxy) is 1. The van der Waals surface area contributed by atoms with Crippen LogP contribution >= 0.6 is 0 Å². The number of esters is 1. The largest absolute Gasteiger partial charge is 0.465 e. The number of carbonyl (C=O) groups excluding carboxylic acids is 1. The van der Waals surface area contributed by atoms with Crippen molar-refractivity contribution >= 4 is 5.97 Å². The first-order valence-corrected chi connectivity index (χ1v) is 6.46. The summed E-state index contributed by atoms with van der Waals surface area (Å²) in [5.74, 6) is -0.0152. The smallest absolute Gasteiger partial charge is 0.323 e. The van der Waals surface area contributed by atoms with Crippen molar-refractivity contribution < 1.29 is 9.53 Å². The molecule has 0 aromatic rings. The standard InChI is InChI=1S/C12H22N2O2/c1-2-16-12(15)11-4-3-9-14(11)10-5-7-13-8-6-10/h10-11,13H,2-9H2,1H3. The second-order valence-electron chi connectivity index (χ2n) is 4.63. The Labute approximate surface area is 97.3 Å². The molecule has 2 aliphatic rings. The number of rotatable bonds is 3. The monoisotopic (exact) mass is 226 g/mol. The molecule has 4 nitrogen and oxygen atoms in total. The minimum Gasteiger partial charge on any atom is -0.465 e. The lowest BCUT2D eigenvalue weighted by Crippen LogP contribution is -2.48. The highest BCUT2D eigenvalue weighted by Crippen LogP contribution is 2.25. The summed E-state index contributed by atoms with van der Waals surface area (Å²) in [6, 6.07) is 0.612. The van der Waals surface area contributed by atoms with Gasteiger partial charge in [-0.15, -0.1) is 0 Å². The van der Waals surface area contributed by atoms with Crippen LogP contribution in [0.15, 0.2) is 0 Å². The topological polar surface area (TPSA) is 41.6 Å². The van der Waals surface area contributed by atoms with Gasteiger partial charge in [-0.25, -0.2) is 0 Å². The quantitative estimate of drug-likeness (QED) is 0.722. The van der Waals surface area contributed by atoms with E-state index in [1.54, 1.807) is 0 Å². The van der Waals surface area contributed by atoms with Gasteiger partial charge < -0.3 is 10.1 Å². The molecule has 0 aromatic carbocycles. The second-order valence-corrected chi connectivity index (χ2v) is 4.63. The van der Waals surface area contributed by atoms with Gasteiger partial charge in [0.15, 0.2) is 0 Å². The summed E-state index contributed by atoms with van der Waals surface area (Å²) in [6.45, 7) is 5.60. The molecule has 2 aliphatic heterocycles. The molecule has 2 fully saturated rings. The molecule has 2 rings (SSSR count). The van der Waals surface area contributed by atoms with Crippen molar-refractivity contribution in [3.63, 3.8) is 0 Å². The molecule has 0 amide bonds. The molecule has 4 heteroatoms. The lowest BCUT2D eigenvalue weighted by molar-refractivity contribution is -0.149. The first-order valence-electron chi connectivity index (χ1n) is 6.46.